The second-order valence-electron chi connectivity index (χ2n) is 9.45. The molecule has 0 unspecified atom stereocenters. The molecule has 4 aromatic rings. The van der Waals surface area contributed by atoms with Crippen molar-refractivity contribution in [1.82, 2.24) is 14.7 Å². The lowest BCUT2D eigenvalue weighted by Crippen LogP contribution is -2.42. The van der Waals surface area contributed by atoms with Crippen molar-refractivity contribution in [2.45, 2.75) is 37.7 Å². The zero-order chi connectivity index (χ0) is 22.8. The van der Waals surface area contributed by atoms with Gasteiger partial charge in [-0.3, -0.25) is 9.58 Å². The number of fused-ring (bicyclic) bond motifs is 2. The monoisotopic (exact) mass is 456 g/mol. The van der Waals surface area contributed by atoms with Crippen LogP contribution in [-0.2, 0) is 18.8 Å². The van der Waals surface area contributed by atoms with Crippen molar-refractivity contribution in [2.75, 3.05) is 25.2 Å². The van der Waals surface area contributed by atoms with E-state index in [-0.39, 0.29) is 0 Å². The molecule has 3 aromatic carbocycles. The first kappa shape index (κ1) is 22.1. The summed E-state index contributed by atoms with van der Waals surface area (Å²) in [5, 5.41) is 9.12. The number of aromatic nitrogens is 2. The average Bonchev–Trinajstić information content (AvgIpc) is 3.15. The van der Waals surface area contributed by atoms with Crippen molar-refractivity contribution in [3.8, 4) is 0 Å². The van der Waals surface area contributed by atoms with E-state index in [1.165, 1.54) is 32.5 Å². The Morgan fingerprint density at radius 3 is 2.52 bits per heavy atom. The van der Waals surface area contributed by atoms with Crippen molar-refractivity contribution in [3.63, 3.8) is 0 Å². The quantitative estimate of drug-likeness (QED) is 0.307. The van der Waals surface area contributed by atoms with Gasteiger partial charge in [0.25, 0.3) is 0 Å². The highest BCUT2D eigenvalue weighted by Gasteiger charge is 2.29. The van der Waals surface area contributed by atoms with E-state index in [0.717, 1.165) is 37.9 Å². The number of hydrogen-bond donors (Lipinski definition) is 0. The van der Waals surface area contributed by atoms with Gasteiger partial charge in [0.15, 0.2) is 5.82 Å². The molecule has 5 rings (SSSR count). The summed E-state index contributed by atoms with van der Waals surface area (Å²) >= 11 is 1.92. The maximum atomic E-state index is 5.23. The van der Waals surface area contributed by atoms with Gasteiger partial charge in [-0.05, 0) is 34.9 Å². The second-order valence-corrected chi connectivity index (χ2v) is 10.4. The van der Waals surface area contributed by atoms with Crippen molar-refractivity contribution in [2.24, 2.45) is 5.92 Å². The first-order valence-corrected chi connectivity index (χ1v) is 12.7. The van der Waals surface area contributed by atoms with Crippen LogP contribution in [0.1, 0.15) is 30.5 Å². The van der Waals surface area contributed by atoms with Gasteiger partial charge in [-0.1, -0.05) is 86.6 Å². The zero-order valence-electron chi connectivity index (χ0n) is 19.7. The summed E-state index contributed by atoms with van der Waals surface area (Å²) < 4.78 is 2.26. The van der Waals surface area contributed by atoms with E-state index in [1.54, 1.807) is 0 Å². The van der Waals surface area contributed by atoms with E-state index in [2.05, 4.69) is 108 Å². The molecular weight excluding hydrogens is 424 g/mol. The summed E-state index contributed by atoms with van der Waals surface area (Å²) in [4.78, 5) is 4.86. The zero-order valence-corrected chi connectivity index (χ0v) is 20.6. The molecule has 1 aliphatic heterocycles. The minimum absolute atomic E-state index is 0.591. The second kappa shape index (κ2) is 9.62. The number of benzene rings is 3. The van der Waals surface area contributed by atoms with Gasteiger partial charge in [-0.15, -0.1) is 11.8 Å². The Balaban J connectivity index is 1.55. The van der Waals surface area contributed by atoms with Crippen LogP contribution in [0, 0.1) is 5.92 Å². The number of thioether (sulfide) groups is 1. The maximum absolute atomic E-state index is 5.23. The topological polar surface area (TPSA) is 24.3 Å². The molecule has 0 spiro atoms. The third kappa shape index (κ3) is 4.80. The van der Waals surface area contributed by atoms with Gasteiger partial charge in [0.1, 0.15) is 5.03 Å². The van der Waals surface area contributed by atoms with Gasteiger partial charge in [0, 0.05) is 24.4 Å². The van der Waals surface area contributed by atoms with Crippen molar-refractivity contribution in [3.05, 3.63) is 89.5 Å². The molecule has 0 fully saturated rings. The van der Waals surface area contributed by atoms with Crippen LogP contribution in [0.3, 0.4) is 0 Å². The van der Waals surface area contributed by atoms with Crippen LogP contribution in [0.2, 0.25) is 0 Å². The highest BCUT2D eigenvalue weighted by molar-refractivity contribution is 7.98. The van der Waals surface area contributed by atoms with E-state index in [4.69, 9.17) is 5.10 Å². The number of nitrogens with zero attached hydrogens (tertiary/aromatic N) is 4. The fraction of sp³-hybridized carbons (Fsp3) is 0.321. The molecule has 0 amide bonds. The summed E-state index contributed by atoms with van der Waals surface area (Å²) in [6, 6.07) is 26.0. The fourth-order valence-corrected chi connectivity index (χ4v) is 5.79. The normalized spacial score (nSPS) is 14.2. The van der Waals surface area contributed by atoms with Crippen LogP contribution < -0.4 is 4.90 Å². The largest absolute Gasteiger partial charge is 0.342 e. The highest BCUT2D eigenvalue weighted by atomic mass is 32.2. The molecule has 0 radical (unpaired) electrons. The predicted molar refractivity (Wildman–Crippen MR) is 140 cm³/mol. The minimum Gasteiger partial charge on any atom is -0.342 e. The van der Waals surface area contributed by atoms with Gasteiger partial charge < -0.3 is 4.90 Å². The van der Waals surface area contributed by atoms with E-state index in [1.807, 2.05) is 11.8 Å². The number of rotatable bonds is 7. The maximum Gasteiger partial charge on any atom is 0.157 e. The van der Waals surface area contributed by atoms with E-state index >= 15 is 0 Å². The molecule has 4 nitrogen and oxygen atoms in total. The highest BCUT2D eigenvalue weighted by Crippen LogP contribution is 2.37. The van der Waals surface area contributed by atoms with Gasteiger partial charge in [0.05, 0.1) is 13.2 Å². The van der Waals surface area contributed by atoms with Gasteiger partial charge >= 0.3 is 0 Å². The summed E-state index contributed by atoms with van der Waals surface area (Å²) in [5.74, 6) is 2.70. The van der Waals surface area contributed by atoms with Crippen molar-refractivity contribution < 1.29 is 0 Å². The number of hydrogen-bond acceptors (Lipinski definition) is 4. The first-order valence-electron chi connectivity index (χ1n) is 11.7. The van der Waals surface area contributed by atoms with Gasteiger partial charge in [-0.25, -0.2) is 0 Å². The summed E-state index contributed by atoms with van der Waals surface area (Å²) in [7, 11) is 2.21. The molecule has 2 heterocycles. The average molecular weight is 457 g/mol. The Bertz CT molecular complexity index is 1230. The standard InChI is InChI=1S/C28H32N4S/c1-21(2)16-31-20-30(3)18-26-27(31)29-32(28(26)33-19-22-10-5-4-6-11-22)17-24-14-9-13-23-12-7-8-15-25(23)24/h4-15,21H,16-20H2,1-3H3. The molecule has 5 heteroatoms. The van der Waals surface area contributed by atoms with Crippen molar-refractivity contribution >= 4 is 28.4 Å². The molecular formula is C28H32N4S. The first-order chi connectivity index (χ1) is 16.1. The Morgan fingerprint density at radius 1 is 0.939 bits per heavy atom. The van der Waals surface area contributed by atoms with Crippen LogP contribution in [0.4, 0.5) is 5.82 Å². The lowest BCUT2D eigenvalue weighted by Gasteiger charge is -2.34. The number of anilines is 1. The van der Waals surface area contributed by atoms with E-state index < -0.39 is 0 Å². The third-order valence-electron chi connectivity index (χ3n) is 6.12. The molecule has 0 atom stereocenters. The molecule has 170 valence electrons. The lowest BCUT2D eigenvalue weighted by molar-refractivity contribution is 0.300. The minimum atomic E-state index is 0.591. The Hall–Kier alpha value is -2.76. The van der Waals surface area contributed by atoms with E-state index in [9.17, 15) is 0 Å². The van der Waals surface area contributed by atoms with Crippen LogP contribution in [0.15, 0.2) is 77.8 Å². The molecule has 33 heavy (non-hydrogen) atoms. The Morgan fingerprint density at radius 2 is 1.70 bits per heavy atom. The molecule has 0 aliphatic carbocycles. The summed E-state index contributed by atoms with van der Waals surface area (Å²) in [6.07, 6.45) is 0. The van der Waals surface area contributed by atoms with Crippen molar-refractivity contribution in [1.29, 1.82) is 0 Å². The lowest BCUT2D eigenvalue weighted by atomic mass is 10.0. The van der Waals surface area contributed by atoms with E-state index in [0.29, 0.717) is 5.92 Å². The third-order valence-corrected chi connectivity index (χ3v) is 7.33. The van der Waals surface area contributed by atoms with Gasteiger partial charge in [0.2, 0.25) is 0 Å². The summed E-state index contributed by atoms with van der Waals surface area (Å²) in [5.41, 5.74) is 4.03. The van der Waals surface area contributed by atoms with Gasteiger partial charge in [-0.2, -0.15) is 5.10 Å². The summed E-state index contributed by atoms with van der Waals surface area (Å²) in [6.45, 7) is 8.24. The fourth-order valence-electron chi connectivity index (χ4n) is 4.71. The Labute approximate surface area is 201 Å². The SMILES string of the molecule is CC(C)CN1CN(C)Cc2c1nn(Cc1cccc3ccccc13)c2SCc1ccccc1. The van der Waals surface area contributed by atoms with Crippen LogP contribution in [0.5, 0.6) is 0 Å². The van der Waals surface area contributed by atoms with Crippen LogP contribution in [0.25, 0.3) is 10.8 Å². The Kier molecular flexibility index (Phi) is 6.43. The molecule has 1 aliphatic rings. The van der Waals surface area contributed by atoms with Crippen LogP contribution in [-0.4, -0.2) is 34.9 Å². The smallest absolute Gasteiger partial charge is 0.157 e. The molecule has 0 bridgehead atoms. The molecule has 0 N–H and O–H groups in total. The predicted octanol–water partition coefficient (Wildman–Crippen LogP) is 6.24. The molecule has 0 saturated heterocycles. The molecule has 1 aromatic heterocycles. The van der Waals surface area contributed by atoms with Crippen LogP contribution >= 0.6 is 11.8 Å². The molecule has 0 saturated carbocycles.